The van der Waals surface area contributed by atoms with E-state index in [1.807, 2.05) is 84.6 Å². The van der Waals surface area contributed by atoms with Crippen LogP contribution in [0.4, 0.5) is 0 Å². The van der Waals surface area contributed by atoms with Crippen LogP contribution < -0.4 is 4.74 Å². The van der Waals surface area contributed by atoms with E-state index in [0.717, 1.165) is 84.1 Å². The van der Waals surface area contributed by atoms with Crippen molar-refractivity contribution in [3.05, 3.63) is 89.5 Å². The number of hydrogen-bond donors (Lipinski definition) is 0. The molecule has 3 fully saturated rings. The Morgan fingerprint density at radius 1 is 0.833 bits per heavy atom. The highest BCUT2D eigenvalue weighted by atomic mass is 32.2. The monoisotopic (exact) mass is 588 g/mol. The number of nitrogens with zero attached hydrogens (tertiary/aromatic N) is 2. The van der Waals surface area contributed by atoms with Crippen molar-refractivity contribution < 1.29 is 23.2 Å². The van der Waals surface area contributed by atoms with Gasteiger partial charge in [-0.25, -0.2) is 4.21 Å². The van der Waals surface area contributed by atoms with Crippen molar-refractivity contribution in [3.8, 4) is 5.75 Å². The number of likely N-dealkylation sites (tertiary alicyclic amines) is 2. The Morgan fingerprint density at radius 3 is 2.02 bits per heavy atom. The lowest BCUT2D eigenvalue weighted by Gasteiger charge is -2.45. The van der Waals surface area contributed by atoms with Crippen molar-refractivity contribution in [2.24, 2.45) is 5.92 Å². The van der Waals surface area contributed by atoms with Crippen LogP contribution in [0.1, 0.15) is 47.2 Å². The van der Waals surface area contributed by atoms with E-state index in [9.17, 15) is 9.00 Å². The van der Waals surface area contributed by atoms with Crippen molar-refractivity contribution in [2.45, 2.75) is 54.2 Å². The third-order valence-corrected chi connectivity index (χ3v) is 10.6. The summed E-state index contributed by atoms with van der Waals surface area (Å²) in [5.74, 6) is 0.391. The van der Waals surface area contributed by atoms with Gasteiger partial charge in [-0.15, -0.1) is 0 Å². The van der Waals surface area contributed by atoms with Crippen molar-refractivity contribution in [1.82, 2.24) is 9.80 Å². The average molecular weight is 589 g/mol. The van der Waals surface area contributed by atoms with Gasteiger partial charge in [0.1, 0.15) is 5.75 Å². The fourth-order valence-electron chi connectivity index (χ4n) is 6.77. The van der Waals surface area contributed by atoms with Crippen LogP contribution in [0, 0.1) is 12.8 Å². The Bertz CT molecular complexity index is 1390. The molecular weight excluding hydrogens is 548 g/mol. The number of carbonyl (C=O) groups excluding carboxylic acids is 1. The van der Waals surface area contributed by atoms with Gasteiger partial charge in [-0.2, -0.15) is 0 Å². The number of carbonyl (C=O) groups is 1. The van der Waals surface area contributed by atoms with Crippen molar-refractivity contribution in [2.75, 3.05) is 46.5 Å². The molecule has 1 unspecified atom stereocenters. The predicted molar refractivity (Wildman–Crippen MR) is 162 cm³/mol. The molecular formula is C34H40N2O5S. The van der Waals surface area contributed by atoms with E-state index in [-0.39, 0.29) is 11.8 Å². The molecule has 7 nitrogen and oxygen atoms in total. The van der Waals surface area contributed by atoms with E-state index in [1.165, 1.54) is 0 Å². The highest BCUT2D eigenvalue weighted by Gasteiger charge is 2.47. The molecule has 3 heterocycles. The van der Waals surface area contributed by atoms with Gasteiger partial charge in [-0.3, -0.25) is 4.79 Å². The molecule has 222 valence electrons. The average Bonchev–Trinajstić information content (AvgIpc) is 3.56. The fraction of sp³-hybridized carbons (Fsp3) is 0.441. The summed E-state index contributed by atoms with van der Waals surface area (Å²) in [6.45, 7) is 6.76. The second kappa shape index (κ2) is 12.7. The van der Waals surface area contributed by atoms with Crippen LogP contribution >= 0.6 is 0 Å². The zero-order valence-electron chi connectivity index (χ0n) is 24.5. The lowest BCUT2D eigenvalue weighted by molar-refractivity contribution is -0.215. The molecule has 8 heteroatoms. The van der Waals surface area contributed by atoms with Gasteiger partial charge < -0.3 is 24.0 Å². The Kier molecular flexibility index (Phi) is 8.77. The Labute approximate surface area is 251 Å². The van der Waals surface area contributed by atoms with Gasteiger partial charge in [0.25, 0.3) is 5.91 Å². The summed E-state index contributed by atoms with van der Waals surface area (Å²) in [4.78, 5) is 19.2. The Morgan fingerprint density at radius 2 is 1.43 bits per heavy atom. The number of hydrogen-bond acceptors (Lipinski definition) is 6. The van der Waals surface area contributed by atoms with Gasteiger partial charge in [-0.1, -0.05) is 30.3 Å². The number of amides is 1. The third kappa shape index (κ3) is 5.78. The van der Waals surface area contributed by atoms with Gasteiger partial charge >= 0.3 is 0 Å². The summed E-state index contributed by atoms with van der Waals surface area (Å²) in [5.41, 5.74) is 2.85. The quantitative estimate of drug-likeness (QED) is 0.369. The van der Waals surface area contributed by atoms with Crippen molar-refractivity contribution >= 4 is 16.7 Å². The van der Waals surface area contributed by atoms with Gasteiger partial charge in [0.15, 0.2) is 5.79 Å². The summed E-state index contributed by atoms with van der Waals surface area (Å²) >= 11 is 0. The summed E-state index contributed by atoms with van der Waals surface area (Å²) in [5, 5.41) is 0. The molecule has 0 radical (unpaired) electrons. The first-order valence-electron chi connectivity index (χ1n) is 15.0. The van der Waals surface area contributed by atoms with Crippen LogP contribution in [0.25, 0.3) is 0 Å². The smallest absolute Gasteiger partial charge is 0.254 e. The molecule has 1 amide bonds. The lowest BCUT2D eigenvalue weighted by Crippen LogP contribution is -2.51. The molecule has 3 aromatic rings. The molecule has 42 heavy (non-hydrogen) atoms. The van der Waals surface area contributed by atoms with Crippen LogP contribution in [0.3, 0.4) is 0 Å². The number of piperidine rings is 2. The van der Waals surface area contributed by atoms with E-state index >= 15 is 0 Å². The van der Waals surface area contributed by atoms with Gasteiger partial charge in [0.2, 0.25) is 0 Å². The fourth-order valence-corrected chi connectivity index (χ4v) is 7.81. The normalized spacial score (nSPS) is 20.9. The maximum atomic E-state index is 13.2. The zero-order chi connectivity index (χ0) is 29.1. The van der Waals surface area contributed by atoms with Crippen molar-refractivity contribution in [3.63, 3.8) is 0 Å². The molecule has 3 aliphatic heterocycles. The molecule has 3 saturated heterocycles. The summed E-state index contributed by atoms with van der Waals surface area (Å²) in [6.07, 6.45) is 3.99. The lowest BCUT2D eigenvalue weighted by atomic mass is 9.83. The van der Waals surface area contributed by atoms with E-state index in [2.05, 4.69) is 4.90 Å². The first kappa shape index (κ1) is 29.1. The van der Waals surface area contributed by atoms with Crippen LogP contribution in [-0.2, 0) is 26.1 Å². The summed E-state index contributed by atoms with van der Waals surface area (Å²) in [7, 11) is 0.344. The largest absolute Gasteiger partial charge is 0.497 e. The molecule has 0 spiro atoms. The third-order valence-electron chi connectivity index (χ3n) is 9.17. The van der Waals surface area contributed by atoms with Gasteiger partial charge in [0, 0.05) is 46.0 Å². The van der Waals surface area contributed by atoms with Crippen molar-refractivity contribution in [1.29, 1.82) is 0 Å². The maximum Gasteiger partial charge on any atom is 0.254 e. The molecule has 3 aromatic carbocycles. The minimum atomic E-state index is -1.28. The van der Waals surface area contributed by atoms with E-state index in [4.69, 9.17) is 14.2 Å². The molecule has 0 saturated carbocycles. The zero-order valence-corrected chi connectivity index (χ0v) is 25.3. The maximum absolute atomic E-state index is 13.2. The Hall–Kier alpha value is -3.04. The molecule has 6 rings (SSSR count). The molecule has 3 aliphatic rings. The molecule has 0 aromatic heterocycles. The van der Waals surface area contributed by atoms with E-state index < -0.39 is 16.6 Å². The summed E-state index contributed by atoms with van der Waals surface area (Å²) < 4.78 is 31.1. The van der Waals surface area contributed by atoms with Crippen LogP contribution in [0.2, 0.25) is 0 Å². The van der Waals surface area contributed by atoms with E-state index in [0.29, 0.717) is 19.3 Å². The molecule has 0 N–H and O–H groups in total. The topological polar surface area (TPSA) is 68.3 Å². The minimum absolute atomic E-state index is 0.154. The summed E-state index contributed by atoms with van der Waals surface area (Å²) in [6, 6.07) is 23.6. The van der Waals surface area contributed by atoms with Crippen LogP contribution in [0.5, 0.6) is 5.75 Å². The number of rotatable bonds is 7. The minimum Gasteiger partial charge on any atom is -0.497 e. The second-order valence-electron chi connectivity index (χ2n) is 11.5. The first-order valence-corrected chi connectivity index (χ1v) is 16.2. The number of ether oxygens (including phenoxy) is 3. The molecule has 0 bridgehead atoms. The van der Waals surface area contributed by atoms with Gasteiger partial charge in [0.05, 0.1) is 31.1 Å². The highest BCUT2D eigenvalue weighted by Crippen LogP contribution is 2.44. The van der Waals surface area contributed by atoms with Gasteiger partial charge in [-0.05, 0) is 93.7 Å². The second-order valence-corrected chi connectivity index (χ2v) is 13.0. The predicted octanol–water partition coefficient (Wildman–Crippen LogP) is 5.39. The van der Waals surface area contributed by atoms with Crippen LogP contribution in [-0.4, -0.2) is 72.5 Å². The van der Waals surface area contributed by atoms with E-state index in [1.54, 1.807) is 7.11 Å². The number of methoxy groups -OCH3 is 1. The molecule has 0 aliphatic carbocycles. The highest BCUT2D eigenvalue weighted by molar-refractivity contribution is 7.85. The first-order chi connectivity index (χ1) is 20.5. The number of aryl methyl sites for hydroxylation is 1. The SMILES string of the molecule is COc1ccc(S(=O)c2ccc(C3(C4CCN(C5CCN(C(=O)c6ccccc6C)CC5)CC4)OCCO3)cc2)cc1. The number of benzene rings is 3. The van der Waals surface area contributed by atoms with Crippen LogP contribution in [0.15, 0.2) is 82.6 Å². The molecule has 1 atom stereocenters. The Balaban J connectivity index is 1.07. The standard InChI is InChI=1S/C34H40N2O5S/c1-25-5-3-4-6-32(25)33(37)36-21-17-28(18-22-36)35-19-15-27(16-20-35)34(40-23-24-41-34)26-7-11-30(12-8-26)42(38)31-13-9-29(39-2)10-14-31/h3-14,27-28H,15-24H2,1-2H3.